The highest BCUT2D eigenvalue weighted by Gasteiger charge is 2.47. The van der Waals surface area contributed by atoms with Crippen LogP contribution in [0.4, 0.5) is 14.5 Å². The van der Waals surface area contributed by atoms with E-state index in [1.807, 2.05) is 0 Å². The number of nitrogens with one attached hydrogen (secondary N) is 3. The van der Waals surface area contributed by atoms with Gasteiger partial charge in [-0.25, -0.2) is 12.7 Å². The summed E-state index contributed by atoms with van der Waals surface area (Å²) in [6, 6.07) is 4.75. The molecule has 1 atom stereocenters. The highest BCUT2D eigenvalue weighted by atomic mass is 32.2. The molecule has 1 aliphatic carbocycles. The van der Waals surface area contributed by atoms with Crippen molar-refractivity contribution in [3.8, 4) is 0 Å². The number of rotatable bonds is 2. The number of halogens is 2. The molecule has 0 bridgehead atoms. The van der Waals surface area contributed by atoms with Crippen LogP contribution < -0.4 is 10.6 Å². The molecular weight excluding hydrogens is 354 g/mol. The first-order valence-corrected chi connectivity index (χ1v) is 9.31. The maximum absolute atomic E-state index is 12.5. The van der Waals surface area contributed by atoms with Crippen LogP contribution in [0, 0.1) is 5.41 Å². The van der Waals surface area contributed by atoms with Crippen molar-refractivity contribution in [3.63, 3.8) is 0 Å². The van der Waals surface area contributed by atoms with E-state index in [0.717, 1.165) is 16.3 Å². The summed E-state index contributed by atoms with van der Waals surface area (Å²) in [5, 5.41) is 13.0. The SMILES string of the molecule is CN1C(=N)N[C@@]2(CCCc3ccc(NC(=O)C(F)F)cc32)CS1(=O)=O. The van der Waals surface area contributed by atoms with Crippen LogP contribution >= 0.6 is 0 Å². The van der Waals surface area contributed by atoms with Gasteiger partial charge in [0.1, 0.15) is 0 Å². The second-order valence-electron chi connectivity index (χ2n) is 6.29. The molecule has 1 amide bonds. The lowest BCUT2D eigenvalue weighted by atomic mass is 9.77. The van der Waals surface area contributed by atoms with Gasteiger partial charge in [-0.2, -0.15) is 8.78 Å². The first-order chi connectivity index (χ1) is 11.6. The Kier molecular flexibility index (Phi) is 4.18. The zero-order valence-electron chi connectivity index (χ0n) is 13.5. The number of carbonyl (C=O) groups excluding carboxylic acids is 1. The summed E-state index contributed by atoms with van der Waals surface area (Å²) < 4.78 is 50.6. The molecule has 10 heteroatoms. The smallest absolute Gasteiger partial charge is 0.315 e. The van der Waals surface area contributed by atoms with Crippen molar-refractivity contribution in [2.45, 2.75) is 31.2 Å². The van der Waals surface area contributed by atoms with Crippen molar-refractivity contribution in [1.29, 1.82) is 5.41 Å². The molecule has 0 aromatic heterocycles. The second-order valence-corrected chi connectivity index (χ2v) is 8.30. The lowest BCUT2D eigenvalue weighted by Crippen LogP contribution is -2.63. The van der Waals surface area contributed by atoms with Gasteiger partial charge in [-0.3, -0.25) is 10.2 Å². The molecule has 0 saturated carbocycles. The third-order valence-electron chi connectivity index (χ3n) is 4.66. The van der Waals surface area contributed by atoms with Crippen LogP contribution in [-0.4, -0.2) is 43.8 Å². The summed E-state index contributed by atoms with van der Waals surface area (Å²) in [4.78, 5) is 11.2. The Labute approximate surface area is 144 Å². The zero-order valence-corrected chi connectivity index (χ0v) is 14.3. The fourth-order valence-corrected chi connectivity index (χ4v) is 4.91. The van der Waals surface area contributed by atoms with Gasteiger partial charge in [-0.1, -0.05) is 6.07 Å². The molecule has 1 heterocycles. The molecule has 3 rings (SSSR count). The number of anilines is 1. The van der Waals surface area contributed by atoms with E-state index in [9.17, 15) is 22.0 Å². The van der Waals surface area contributed by atoms with Crippen LogP contribution in [-0.2, 0) is 26.8 Å². The molecule has 136 valence electrons. The van der Waals surface area contributed by atoms with Gasteiger partial charge in [-0.05, 0) is 42.5 Å². The van der Waals surface area contributed by atoms with E-state index in [0.29, 0.717) is 18.4 Å². The van der Waals surface area contributed by atoms with Crippen LogP contribution in [0.5, 0.6) is 0 Å². The van der Waals surface area contributed by atoms with E-state index in [4.69, 9.17) is 5.41 Å². The molecule has 7 nitrogen and oxygen atoms in total. The van der Waals surface area contributed by atoms with Gasteiger partial charge in [0.05, 0.1) is 11.3 Å². The average Bonchev–Trinajstić information content (AvgIpc) is 2.53. The Bertz CT molecular complexity index is 843. The lowest BCUT2D eigenvalue weighted by molar-refractivity contribution is -0.126. The minimum absolute atomic E-state index is 0.176. The van der Waals surface area contributed by atoms with Crippen molar-refractivity contribution in [3.05, 3.63) is 29.3 Å². The number of sulfonamides is 1. The minimum Gasteiger partial charge on any atom is -0.345 e. The number of alkyl halides is 2. The number of nitrogens with zero attached hydrogens (tertiary/aromatic N) is 1. The summed E-state index contributed by atoms with van der Waals surface area (Å²) in [6.45, 7) is 0. The van der Waals surface area contributed by atoms with Crippen LogP contribution in [0.3, 0.4) is 0 Å². The Morgan fingerprint density at radius 3 is 2.80 bits per heavy atom. The first-order valence-electron chi connectivity index (χ1n) is 7.70. The minimum atomic E-state index is -3.67. The van der Waals surface area contributed by atoms with Crippen LogP contribution in [0.2, 0.25) is 0 Å². The summed E-state index contributed by atoms with van der Waals surface area (Å²) >= 11 is 0. The summed E-state index contributed by atoms with van der Waals surface area (Å²) in [5.41, 5.74) is 0.672. The number of fused-ring (bicyclic) bond motifs is 2. The second kappa shape index (κ2) is 5.94. The quantitative estimate of drug-likeness (QED) is 0.726. The molecular formula is C15H18F2N4O3S. The summed E-state index contributed by atoms with van der Waals surface area (Å²) in [6.07, 6.45) is -1.21. The molecule has 0 unspecified atom stereocenters. The van der Waals surface area contributed by atoms with Gasteiger partial charge in [0, 0.05) is 12.7 Å². The maximum atomic E-state index is 12.5. The highest BCUT2D eigenvalue weighted by molar-refractivity contribution is 7.89. The monoisotopic (exact) mass is 372 g/mol. The third kappa shape index (κ3) is 3.06. The van der Waals surface area contributed by atoms with Crippen molar-refractivity contribution < 1.29 is 22.0 Å². The number of amides is 1. The van der Waals surface area contributed by atoms with Gasteiger partial charge in [0.15, 0.2) is 0 Å². The molecule has 1 aromatic rings. The largest absolute Gasteiger partial charge is 0.345 e. The molecule has 3 N–H and O–H groups in total. The highest BCUT2D eigenvalue weighted by Crippen LogP contribution is 2.40. The van der Waals surface area contributed by atoms with E-state index in [1.165, 1.54) is 19.2 Å². The average molecular weight is 372 g/mol. The number of hydrogen-bond acceptors (Lipinski definition) is 4. The molecule has 0 radical (unpaired) electrons. The van der Waals surface area contributed by atoms with E-state index in [-0.39, 0.29) is 17.4 Å². The van der Waals surface area contributed by atoms with E-state index >= 15 is 0 Å². The Morgan fingerprint density at radius 1 is 1.44 bits per heavy atom. The van der Waals surface area contributed by atoms with E-state index in [2.05, 4.69) is 10.6 Å². The van der Waals surface area contributed by atoms with Crippen LogP contribution in [0.1, 0.15) is 24.0 Å². The van der Waals surface area contributed by atoms with Gasteiger partial charge >= 0.3 is 6.43 Å². The predicted octanol–water partition coefficient (Wildman–Crippen LogP) is 1.22. The third-order valence-corrected chi connectivity index (χ3v) is 6.53. The lowest BCUT2D eigenvalue weighted by Gasteiger charge is -2.45. The normalized spacial score (nSPS) is 24.8. The molecule has 1 fully saturated rings. The number of aryl methyl sites for hydroxylation is 1. The standard InChI is InChI=1S/C15H18F2N4O3S/c1-21-14(18)20-15(8-25(21,23)24)6-2-3-9-4-5-10(7-11(9)15)19-13(22)12(16)17/h4-5,7,12H,2-3,6,8H2,1H3,(H2,18,20)(H,19,22)/t15-/m0/s1. The topological polar surface area (TPSA) is 102 Å². The van der Waals surface area contributed by atoms with Crippen LogP contribution in [0.25, 0.3) is 0 Å². The van der Waals surface area contributed by atoms with Gasteiger partial charge in [0.2, 0.25) is 16.0 Å². The van der Waals surface area contributed by atoms with Crippen molar-refractivity contribution in [2.24, 2.45) is 0 Å². The molecule has 1 saturated heterocycles. The Morgan fingerprint density at radius 2 is 2.16 bits per heavy atom. The fourth-order valence-electron chi connectivity index (χ4n) is 3.40. The Balaban J connectivity index is 2.03. The molecule has 1 aromatic carbocycles. The molecule has 1 aliphatic heterocycles. The Hall–Kier alpha value is -2.23. The number of carbonyl (C=O) groups is 1. The van der Waals surface area contributed by atoms with Crippen molar-refractivity contribution >= 4 is 27.6 Å². The first kappa shape index (κ1) is 17.6. The van der Waals surface area contributed by atoms with Gasteiger partial charge < -0.3 is 10.6 Å². The summed E-state index contributed by atoms with van der Waals surface area (Å²) in [5.74, 6) is -1.89. The number of hydrogen-bond donors (Lipinski definition) is 3. The van der Waals surface area contributed by atoms with Crippen LogP contribution in [0.15, 0.2) is 18.2 Å². The number of guanidine groups is 1. The van der Waals surface area contributed by atoms with Gasteiger partial charge in [0.25, 0.3) is 5.91 Å². The predicted molar refractivity (Wildman–Crippen MR) is 88.1 cm³/mol. The van der Waals surface area contributed by atoms with Crippen molar-refractivity contribution in [2.75, 3.05) is 18.1 Å². The van der Waals surface area contributed by atoms with Crippen molar-refractivity contribution in [1.82, 2.24) is 9.62 Å². The fraction of sp³-hybridized carbons (Fsp3) is 0.467. The maximum Gasteiger partial charge on any atom is 0.315 e. The van der Waals surface area contributed by atoms with E-state index < -0.39 is 27.9 Å². The summed E-state index contributed by atoms with van der Waals surface area (Å²) in [7, 11) is -2.37. The van der Waals surface area contributed by atoms with E-state index in [1.54, 1.807) is 6.07 Å². The molecule has 2 aliphatic rings. The zero-order chi connectivity index (χ0) is 18.4. The molecule has 25 heavy (non-hydrogen) atoms. The molecule has 1 spiro atoms. The number of benzene rings is 1. The van der Waals surface area contributed by atoms with Gasteiger partial charge in [-0.15, -0.1) is 0 Å².